The van der Waals surface area contributed by atoms with Crippen LogP contribution in [0.5, 0.6) is 0 Å². The van der Waals surface area contributed by atoms with E-state index in [1.165, 1.54) is 0 Å². The summed E-state index contributed by atoms with van der Waals surface area (Å²) in [4.78, 5) is 41.7. The molecular weight excluding hydrogens is 394 g/mol. The maximum absolute atomic E-state index is 13.2. The van der Waals surface area contributed by atoms with Crippen molar-refractivity contribution in [2.75, 3.05) is 13.2 Å². The van der Waals surface area contributed by atoms with Crippen LogP contribution < -0.4 is 0 Å². The summed E-state index contributed by atoms with van der Waals surface area (Å²) in [5.41, 5.74) is 1.17. The maximum atomic E-state index is 13.2. The number of hydrogen-bond donors (Lipinski definition) is 1. The van der Waals surface area contributed by atoms with Gasteiger partial charge in [-0.3, -0.25) is 14.4 Å². The first kappa shape index (κ1) is 20.6. The lowest BCUT2D eigenvalue weighted by molar-refractivity contribution is -0.156. The number of halogens is 1. The predicted octanol–water partition coefficient (Wildman–Crippen LogP) is 4.26. The molecule has 0 unspecified atom stereocenters. The van der Waals surface area contributed by atoms with Crippen LogP contribution in [0.15, 0.2) is 48.5 Å². The summed E-state index contributed by atoms with van der Waals surface area (Å²) >= 11 is 6.30. The van der Waals surface area contributed by atoms with E-state index in [0.29, 0.717) is 21.5 Å². The van der Waals surface area contributed by atoms with Gasteiger partial charge in [0.1, 0.15) is 0 Å². The minimum Gasteiger partial charge on any atom is -0.465 e. The number of aromatic nitrogens is 1. The van der Waals surface area contributed by atoms with Crippen LogP contribution in [0.1, 0.15) is 41.4 Å². The van der Waals surface area contributed by atoms with Crippen LogP contribution in [0, 0.1) is 0 Å². The van der Waals surface area contributed by atoms with Gasteiger partial charge in [0, 0.05) is 16.5 Å². The number of hydrogen-bond acceptors (Lipinski definition) is 5. The van der Waals surface area contributed by atoms with Crippen molar-refractivity contribution in [3.05, 3.63) is 70.4 Å². The fourth-order valence-corrected chi connectivity index (χ4v) is 3.42. The lowest BCUT2D eigenvalue weighted by atomic mass is 9.93. The van der Waals surface area contributed by atoms with Crippen LogP contribution in [0.25, 0.3) is 10.9 Å². The molecule has 2 aromatic carbocycles. The van der Waals surface area contributed by atoms with E-state index >= 15 is 0 Å². The average Bonchev–Trinajstić information content (AvgIpc) is 3.09. The molecule has 0 radical (unpaired) electrons. The van der Waals surface area contributed by atoms with Gasteiger partial charge in [-0.05, 0) is 19.9 Å². The molecule has 0 aliphatic carbocycles. The first-order chi connectivity index (χ1) is 14.0. The van der Waals surface area contributed by atoms with Gasteiger partial charge < -0.3 is 14.5 Å². The number of carbonyl (C=O) groups is 3. The lowest BCUT2D eigenvalue weighted by Gasteiger charge is -2.16. The van der Waals surface area contributed by atoms with Gasteiger partial charge in [-0.2, -0.15) is 0 Å². The van der Waals surface area contributed by atoms with Crippen molar-refractivity contribution in [1.82, 2.24) is 4.98 Å². The Bertz CT molecular complexity index is 1040. The van der Waals surface area contributed by atoms with Crippen LogP contribution in [0.4, 0.5) is 0 Å². The molecule has 0 saturated heterocycles. The minimum absolute atomic E-state index is 0.0831. The number of aromatic amines is 1. The monoisotopic (exact) mass is 413 g/mol. The quantitative estimate of drug-likeness (QED) is 0.355. The highest BCUT2D eigenvalue weighted by atomic mass is 35.5. The summed E-state index contributed by atoms with van der Waals surface area (Å²) in [6, 6.07) is 13.6. The largest absolute Gasteiger partial charge is 0.465 e. The topological polar surface area (TPSA) is 85.5 Å². The first-order valence-corrected chi connectivity index (χ1v) is 9.60. The molecule has 3 rings (SSSR count). The summed E-state index contributed by atoms with van der Waals surface area (Å²) in [5.74, 6) is -3.35. The predicted molar refractivity (Wildman–Crippen MR) is 109 cm³/mol. The summed E-state index contributed by atoms with van der Waals surface area (Å²) in [7, 11) is 0. The number of ketones is 1. The van der Waals surface area contributed by atoms with Crippen molar-refractivity contribution in [1.29, 1.82) is 0 Å². The Balaban J connectivity index is 2.28. The molecular formula is C22H20ClNO5. The highest BCUT2D eigenvalue weighted by molar-refractivity contribution is 6.35. The third kappa shape index (κ3) is 4.03. The molecule has 1 heterocycles. The molecule has 0 bridgehead atoms. The zero-order chi connectivity index (χ0) is 21.0. The summed E-state index contributed by atoms with van der Waals surface area (Å²) in [5, 5.41) is 0.852. The second kappa shape index (κ2) is 8.92. The van der Waals surface area contributed by atoms with E-state index in [9.17, 15) is 14.4 Å². The number of para-hydroxylation sites is 1. The average molecular weight is 414 g/mol. The minimum atomic E-state index is -1.41. The van der Waals surface area contributed by atoms with Gasteiger partial charge in [0.15, 0.2) is 5.92 Å². The molecule has 0 aliphatic rings. The zero-order valence-electron chi connectivity index (χ0n) is 16.0. The van der Waals surface area contributed by atoms with Crippen molar-refractivity contribution in [3.63, 3.8) is 0 Å². The number of rotatable bonds is 7. The number of benzene rings is 2. The third-order valence-electron chi connectivity index (χ3n) is 4.42. The van der Waals surface area contributed by atoms with Gasteiger partial charge in [0.05, 0.1) is 29.4 Å². The molecule has 1 aromatic heterocycles. The number of H-pyrrole nitrogens is 1. The standard InChI is InChI=1S/C22H20ClNO5/c1-3-28-21(26)17(22(27)29-4-2)16-14-11-8-12-15(23)18(14)24-19(16)20(25)13-9-6-5-7-10-13/h5-12,17,24H,3-4H2,1-2H3. The molecule has 150 valence electrons. The van der Waals surface area contributed by atoms with Crippen molar-refractivity contribution in [3.8, 4) is 0 Å². The summed E-state index contributed by atoms with van der Waals surface area (Å²) < 4.78 is 10.2. The van der Waals surface area contributed by atoms with Crippen molar-refractivity contribution >= 4 is 40.2 Å². The van der Waals surface area contributed by atoms with Crippen LogP contribution in [-0.4, -0.2) is 35.9 Å². The van der Waals surface area contributed by atoms with Gasteiger partial charge in [0.2, 0.25) is 5.78 Å². The van der Waals surface area contributed by atoms with Crippen LogP contribution in [-0.2, 0) is 19.1 Å². The molecule has 7 heteroatoms. The number of nitrogens with one attached hydrogen (secondary N) is 1. The SMILES string of the molecule is CCOC(=O)C(C(=O)OCC)c1c(C(=O)c2ccccc2)[nH]c2c(Cl)cccc12. The number of ether oxygens (including phenoxy) is 2. The molecule has 0 amide bonds. The van der Waals surface area contributed by atoms with Crippen molar-refractivity contribution in [2.45, 2.75) is 19.8 Å². The Labute approximate surface area is 172 Å². The molecule has 6 nitrogen and oxygen atoms in total. The van der Waals surface area contributed by atoms with Crippen LogP contribution in [0.3, 0.4) is 0 Å². The van der Waals surface area contributed by atoms with Crippen molar-refractivity contribution in [2.24, 2.45) is 0 Å². The van der Waals surface area contributed by atoms with E-state index in [-0.39, 0.29) is 30.3 Å². The highest BCUT2D eigenvalue weighted by Crippen LogP contribution is 2.35. The Morgan fingerprint density at radius 2 is 1.55 bits per heavy atom. The fraction of sp³-hybridized carbons (Fsp3) is 0.227. The molecule has 0 saturated carbocycles. The highest BCUT2D eigenvalue weighted by Gasteiger charge is 2.38. The molecule has 0 fully saturated rings. The number of fused-ring (bicyclic) bond motifs is 1. The second-order valence-electron chi connectivity index (χ2n) is 6.21. The summed E-state index contributed by atoms with van der Waals surface area (Å²) in [6.07, 6.45) is 0. The third-order valence-corrected chi connectivity index (χ3v) is 4.73. The van der Waals surface area contributed by atoms with E-state index in [1.807, 2.05) is 0 Å². The van der Waals surface area contributed by atoms with E-state index < -0.39 is 17.9 Å². The normalized spacial score (nSPS) is 10.9. The van der Waals surface area contributed by atoms with E-state index in [4.69, 9.17) is 21.1 Å². The Morgan fingerprint density at radius 1 is 0.931 bits per heavy atom. The Hall–Kier alpha value is -3.12. The molecule has 1 N–H and O–H groups in total. The van der Waals surface area contributed by atoms with E-state index in [2.05, 4.69) is 4.98 Å². The smallest absolute Gasteiger partial charge is 0.324 e. The van der Waals surface area contributed by atoms with Gasteiger partial charge in [-0.15, -0.1) is 0 Å². The van der Waals surface area contributed by atoms with E-state index in [0.717, 1.165) is 0 Å². The molecule has 0 aliphatic heterocycles. The lowest BCUT2D eigenvalue weighted by Crippen LogP contribution is -2.27. The van der Waals surface area contributed by atoms with Crippen LogP contribution in [0.2, 0.25) is 5.02 Å². The number of esters is 2. The Morgan fingerprint density at radius 3 is 2.14 bits per heavy atom. The second-order valence-corrected chi connectivity index (χ2v) is 6.62. The van der Waals surface area contributed by atoms with Gasteiger partial charge in [-0.1, -0.05) is 54.1 Å². The number of carbonyl (C=O) groups excluding carboxylic acids is 3. The van der Waals surface area contributed by atoms with Crippen molar-refractivity contribution < 1.29 is 23.9 Å². The van der Waals surface area contributed by atoms with Crippen LogP contribution >= 0.6 is 11.6 Å². The summed E-state index contributed by atoms with van der Waals surface area (Å²) in [6.45, 7) is 3.45. The Kier molecular flexibility index (Phi) is 6.34. The molecule has 3 aromatic rings. The maximum Gasteiger partial charge on any atom is 0.324 e. The van der Waals surface area contributed by atoms with E-state index in [1.54, 1.807) is 62.4 Å². The first-order valence-electron chi connectivity index (χ1n) is 9.22. The fourth-order valence-electron chi connectivity index (χ4n) is 3.20. The van der Waals surface area contributed by atoms with Gasteiger partial charge >= 0.3 is 11.9 Å². The van der Waals surface area contributed by atoms with Gasteiger partial charge in [-0.25, -0.2) is 0 Å². The van der Waals surface area contributed by atoms with Gasteiger partial charge in [0.25, 0.3) is 0 Å². The zero-order valence-corrected chi connectivity index (χ0v) is 16.8. The molecule has 0 spiro atoms. The molecule has 0 atom stereocenters. The molecule has 29 heavy (non-hydrogen) atoms.